The fourth-order valence-electron chi connectivity index (χ4n) is 4.08. The average Bonchev–Trinajstić information content (AvgIpc) is 3.17. The molecule has 2 heterocycles. The molecule has 2 aliphatic rings. The van der Waals surface area contributed by atoms with Gasteiger partial charge in [0.2, 0.25) is 5.91 Å². The number of likely N-dealkylation sites (tertiary alicyclic amines) is 1. The average molecular weight is 360 g/mol. The van der Waals surface area contributed by atoms with Crippen molar-refractivity contribution in [3.63, 3.8) is 0 Å². The van der Waals surface area contributed by atoms with Gasteiger partial charge in [0.1, 0.15) is 6.61 Å². The van der Waals surface area contributed by atoms with Crippen molar-refractivity contribution < 1.29 is 14.6 Å². The molecule has 26 heavy (non-hydrogen) atoms. The summed E-state index contributed by atoms with van der Waals surface area (Å²) in [6, 6.07) is 8.58. The molecule has 0 bridgehead atoms. The van der Waals surface area contributed by atoms with Crippen molar-refractivity contribution >= 4 is 5.91 Å². The van der Waals surface area contributed by atoms with E-state index in [0.29, 0.717) is 12.5 Å². The zero-order valence-corrected chi connectivity index (χ0v) is 15.9. The number of aliphatic hydroxyl groups is 1. The highest BCUT2D eigenvalue weighted by Crippen LogP contribution is 2.22. The molecule has 5 nitrogen and oxygen atoms in total. The molecule has 0 spiro atoms. The summed E-state index contributed by atoms with van der Waals surface area (Å²) in [4.78, 5) is 16.5. The topological polar surface area (TPSA) is 53.0 Å². The summed E-state index contributed by atoms with van der Waals surface area (Å²) in [7, 11) is 0. The highest BCUT2D eigenvalue weighted by molar-refractivity contribution is 5.77. The lowest BCUT2D eigenvalue weighted by molar-refractivity contribution is -0.136. The van der Waals surface area contributed by atoms with Gasteiger partial charge in [0.25, 0.3) is 0 Å². The normalized spacial score (nSPS) is 21.8. The van der Waals surface area contributed by atoms with Crippen LogP contribution in [-0.4, -0.2) is 66.3 Å². The molecule has 3 rings (SSSR count). The second kappa shape index (κ2) is 9.49. The molecule has 2 saturated heterocycles. The van der Waals surface area contributed by atoms with Gasteiger partial charge < -0.3 is 14.7 Å². The first-order valence-electron chi connectivity index (χ1n) is 9.93. The quantitative estimate of drug-likeness (QED) is 0.810. The summed E-state index contributed by atoms with van der Waals surface area (Å²) in [5.41, 5.74) is 2.76. The van der Waals surface area contributed by atoms with Gasteiger partial charge in [-0.25, -0.2) is 0 Å². The number of piperidine rings is 1. The van der Waals surface area contributed by atoms with Crippen molar-refractivity contribution in [1.82, 2.24) is 9.80 Å². The first-order chi connectivity index (χ1) is 12.7. The number of aliphatic hydroxyl groups excluding tert-OH is 1. The Balaban J connectivity index is 1.48. The fourth-order valence-corrected chi connectivity index (χ4v) is 4.08. The van der Waals surface area contributed by atoms with Gasteiger partial charge in [0.15, 0.2) is 0 Å². The van der Waals surface area contributed by atoms with Crippen LogP contribution in [0.2, 0.25) is 0 Å². The van der Waals surface area contributed by atoms with Gasteiger partial charge in [0.05, 0.1) is 6.10 Å². The molecule has 144 valence electrons. The highest BCUT2D eigenvalue weighted by Gasteiger charge is 2.27. The second-order valence-corrected chi connectivity index (χ2v) is 7.74. The van der Waals surface area contributed by atoms with E-state index >= 15 is 0 Å². The maximum Gasteiger partial charge on any atom is 0.248 e. The van der Waals surface area contributed by atoms with Crippen LogP contribution in [0, 0.1) is 12.8 Å². The number of benzene rings is 1. The fraction of sp³-hybridized carbons (Fsp3) is 0.667. The van der Waals surface area contributed by atoms with Gasteiger partial charge in [0, 0.05) is 26.2 Å². The zero-order chi connectivity index (χ0) is 18.4. The number of nitrogens with zero attached hydrogens (tertiary/aromatic N) is 2. The molecule has 1 aromatic carbocycles. The maximum absolute atomic E-state index is 12.1. The van der Waals surface area contributed by atoms with Crippen molar-refractivity contribution in [2.75, 3.05) is 39.4 Å². The molecule has 1 amide bonds. The largest absolute Gasteiger partial charge is 0.387 e. The van der Waals surface area contributed by atoms with Gasteiger partial charge >= 0.3 is 0 Å². The van der Waals surface area contributed by atoms with Crippen LogP contribution in [0.4, 0.5) is 0 Å². The molecule has 1 aromatic rings. The Hall–Kier alpha value is -1.43. The van der Waals surface area contributed by atoms with E-state index in [0.717, 1.165) is 58.5 Å². The predicted molar refractivity (Wildman–Crippen MR) is 102 cm³/mol. The van der Waals surface area contributed by atoms with E-state index in [1.54, 1.807) is 0 Å². The van der Waals surface area contributed by atoms with Crippen molar-refractivity contribution in [3.8, 4) is 0 Å². The zero-order valence-electron chi connectivity index (χ0n) is 15.9. The molecule has 0 radical (unpaired) electrons. The molecule has 5 heteroatoms. The predicted octanol–water partition coefficient (Wildman–Crippen LogP) is 2.21. The van der Waals surface area contributed by atoms with E-state index in [1.807, 2.05) is 4.90 Å². The third kappa shape index (κ3) is 5.29. The van der Waals surface area contributed by atoms with Crippen molar-refractivity contribution in [2.24, 2.45) is 5.92 Å². The van der Waals surface area contributed by atoms with Gasteiger partial charge in [-0.15, -0.1) is 0 Å². The number of hydrogen-bond acceptors (Lipinski definition) is 4. The Labute approximate surface area is 156 Å². The van der Waals surface area contributed by atoms with Gasteiger partial charge in [-0.2, -0.15) is 0 Å². The van der Waals surface area contributed by atoms with Gasteiger partial charge in [-0.3, -0.25) is 9.69 Å². The molecule has 0 saturated carbocycles. The van der Waals surface area contributed by atoms with E-state index in [4.69, 9.17) is 4.74 Å². The Kier molecular flexibility index (Phi) is 7.06. The summed E-state index contributed by atoms with van der Waals surface area (Å²) in [6.45, 7) is 7.09. The monoisotopic (exact) mass is 360 g/mol. The number of aryl methyl sites for hydroxylation is 1. The highest BCUT2D eigenvalue weighted by atomic mass is 16.5. The van der Waals surface area contributed by atoms with Crippen molar-refractivity contribution in [2.45, 2.75) is 45.3 Å². The number of hydrogen-bond donors (Lipinski definition) is 1. The minimum Gasteiger partial charge on any atom is -0.387 e. The molecule has 0 unspecified atom stereocenters. The minimum absolute atomic E-state index is 0.145. The molecule has 1 N–H and O–H groups in total. The Morgan fingerprint density at radius 2 is 2.00 bits per heavy atom. The maximum atomic E-state index is 12.1. The third-order valence-corrected chi connectivity index (χ3v) is 5.78. The number of carbonyl (C=O) groups is 1. The van der Waals surface area contributed by atoms with Crippen LogP contribution in [0.1, 0.15) is 36.8 Å². The van der Waals surface area contributed by atoms with Crippen molar-refractivity contribution in [3.05, 3.63) is 35.4 Å². The van der Waals surface area contributed by atoms with E-state index in [1.165, 1.54) is 11.1 Å². The number of amides is 1. The van der Waals surface area contributed by atoms with Crippen LogP contribution in [0.25, 0.3) is 0 Å². The summed E-state index contributed by atoms with van der Waals surface area (Å²) < 4.78 is 5.68. The smallest absolute Gasteiger partial charge is 0.248 e. The van der Waals surface area contributed by atoms with Gasteiger partial charge in [-0.05, 0) is 62.7 Å². The number of carbonyl (C=O) groups excluding carboxylic acids is 1. The van der Waals surface area contributed by atoms with Crippen LogP contribution < -0.4 is 0 Å². The molecule has 1 atom stereocenters. The van der Waals surface area contributed by atoms with E-state index in [-0.39, 0.29) is 12.0 Å². The summed E-state index contributed by atoms with van der Waals surface area (Å²) >= 11 is 0. The standard InChI is InChI=1S/C21H32N2O3/c1-17-5-2-3-6-19(17)14-22-10-8-18(9-11-22)13-23(21(25)16-24)15-20-7-4-12-26-20/h2-3,5-6,18,20,24H,4,7-16H2,1H3/t20-/m0/s1. The molecule has 0 aliphatic carbocycles. The first kappa shape index (κ1) is 19.3. The summed E-state index contributed by atoms with van der Waals surface area (Å²) in [6.07, 6.45) is 4.44. The van der Waals surface area contributed by atoms with E-state index in [2.05, 4.69) is 36.1 Å². The molecule has 0 aromatic heterocycles. The van der Waals surface area contributed by atoms with Crippen LogP contribution in [0.3, 0.4) is 0 Å². The van der Waals surface area contributed by atoms with Crippen LogP contribution in [0.5, 0.6) is 0 Å². The lowest BCUT2D eigenvalue weighted by Crippen LogP contribution is -2.44. The summed E-state index contributed by atoms with van der Waals surface area (Å²) in [5, 5.41) is 9.30. The van der Waals surface area contributed by atoms with E-state index in [9.17, 15) is 9.90 Å². The second-order valence-electron chi connectivity index (χ2n) is 7.74. The van der Waals surface area contributed by atoms with Gasteiger partial charge in [-0.1, -0.05) is 24.3 Å². The van der Waals surface area contributed by atoms with Crippen molar-refractivity contribution in [1.29, 1.82) is 0 Å². The first-order valence-corrected chi connectivity index (χ1v) is 9.93. The van der Waals surface area contributed by atoms with E-state index < -0.39 is 6.61 Å². The summed E-state index contributed by atoms with van der Waals surface area (Å²) in [5.74, 6) is 0.350. The lowest BCUT2D eigenvalue weighted by Gasteiger charge is -2.35. The minimum atomic E-state index is -0.404. The van der Waals surface area contributed by atoms with Crippen LogP contribution in [0.15, 0.2) is 24.3 Å². The third-order valence-electron chi connectivity index (χ3n) is 5.78. The Morgan fingerprint density at radius 3 is 2.65 bits per heavy atom. The molecule has 2 aliphatic heterocycles. The van der Waals surface area contributed by atoms with Crippen LogP contribution >= 0.6 is 0 Å². The van der Waals surface area contributed by atoms with Crippen LogP contribution in [-0.2, 0) is 16.1 Å². The molecular weight excluding hydrogens is 328 g/mol. The number of ether oxygens (including phenoxy) is 1. The Morgan fingerprint density at radius 1 is 1.23 bits per heavy atom. The SMILES string of the molecule is Cc1ccccc1CN1CCC(CN(C[C@@H]2CCCO2)C(=O)CO)CC1. The molecular formula is C21H32N2O3. The Bertz CT molecular complexity index is 578. The lowest BCUT2D eigenvalue weighted by atomic mass is 9.95. The number of rotatable bonds is 7. The molecule has 2 fully saturated rings.